The molecule has 5 rings (SSSR count). The number of benzene rings is 4. The van der Waals surface area contributed by atoms with Gasteiger partial charge in [-0.1, -0.05) is 103 Å². The monoisotopic (exact) mass is 444 g/mol. The molecule has 0 radical (unpaired) electrons. The summed E-state index contributed by atoms with van der Waals surface area (Å²) in [7, 11) is 1.38. The maximum atomic E-state index is 11.8. The average molecular weight is 445 g/mol. The fraction of sp³-hybridized carbons (Fsp3) is 0.0667. The largest absolute Gasteiger partial charge is 0.465 e. The molecule has 0 fully saturated rings. The van der Waals surface area contributed by atoms with Crippen molar-refractivity contribution in [2.45, 2.75) is 5.54 Å². The predicted octanol–water partition coefficient (Wildman–Crippen LogP) is 6.18. The summed E-state index contributed by atoms with van der Waals surface area (Å²) in [4.78, 5) is 16.6. The van der Waals surface area contributed by atoms with Crippen LogP contribution in [0.4, 0.5) is 0 Å². The van der Waals surface area contributed by atoms with Crippen LogP contribution in [0.15, 0.2) is 128 Å². The maximum Gasteiger partial charge on any atom is 0.337 e. The van der Waals surface area contributed by atoms with Gasteiger partial charge in [-0.25, -0.2) is 9.78 Å². The van der Waals surface area contributed by atoms with Crippen LogP contribution in [0.5, 0.6) is 0 Å². The molecule has 166 valence electrons. The number of carbonyl (C=O) groups excluding carboxylic acids is 1. The molecule has 0 saturated carbocycles. The molecule has 0 N–H and O–H groups in total. The molecule has 0 unspecified atom stereocenters. The van der Waals surface area contributed by atoms with E-state index >= 15 is 0 Å². The minimum atomic E-state index is -0.610. The Balaban J connectivity index is 1.71. The third-order valence-corrected chi connectivity index (χ3v) is 6.15. The first-order valence-electron chi connectivity index (χ1n) is 11.1. The van der Waals surface area contributed by atoms with Crippen molar-refractivity contribution in [3.8, 4) is 11.3 Å². The lowest BCUT2D eigenvalue weighted by Crippen LogP contribution is -2.36. The van der Waals surface area contributed by atoms with Crippen molar-refractivity contribution in [3.63, 3.8) is 0 Å². The van der Waals surface area contributed by atoms with Gasteiger partial charge in [0, 0.05) is 11.8 Å². The van der Waals surface area contributed by atoms with Gasteiger partial charge >= 0.3 is 5.97 Å². The molecular weight excluding hydrogens is 420 g/mol. The van der Waals surface area contributed by atoms with Crippen LogP contribution in [0.1, 0.15) is 27.0 Å². The Bertz CT molecular complexity index is 1280. The highest BCUT2D eigenvalue weighted by Crippen LogP contribution is 2.41. The van der Waals surface area contributed by atoms with Gasteiger partial charge < -0.3 is 9.30 Å². The number of methoxy groups -OCH3 is 1. The highest BCUT2D eigenvalue weighted by Gasteiger charge is 2.38. The topological polar surface area (TPSA) is 44.1 Å². The molecule has 0 saturated heterocycles. The molecule has 4 nitrogen and oxygen atoms in total. The first kappa shape index (κ1) is 21.4. The fourth-order valence-corrected chi connectivity index (χ4v) is 4.54. The Morgan fingerprint density at radius 1 is 0.706 bits per heavy atom. The summed E-state index contributed by atoms with van der Waals surface area (Å²) >= 11 is 0. The van der Waals surface area contributed by atoms with E-state index in [0.717, 1.165) is 27.9 Å². The number of rotatable bonds is 6. The van der Waals surface area contributed by atoms with Crippen LogP contribution < -0.4 is 0 Å². The third-order valence-electron chi connectivity index (χ3n) is 6.15. The maximum absolute atomic E-state index is 11.8. The van der Waals surface area contributed by atoms with E-state index in [1.807, 2.05) is 36.7 Å². The lowest BCUT2D eigenvalue weighted by molar-refractivity contribution is 0.0600. The first-order valence-corrected chi connectivity index (χ1v) is 11.1. The van der Waals surface area contributed by atoms with Crippen molar-refractivity contribution in [2.75, 3.05) is 7.11 Å². The molecule has 1 aromatic heterocycles. The molecular formula is C30H24N2O2. The van der Waals surface area contributed by atoms with Crippen LogP contribution in [0, 0.1) is 0 Å². The Morgan fingerprint density at radius 3 is 1.62 bits per heavy atom. The molecule has 34 heavy (non-hydrogen) atoms. The van der Waals surface area contributed by atoms with Gasteiger partial charge in [0.05, 0.1) is 24.7 Å². The molecule has 0 aliphatic rings. The zero-order valence-electron chi connectivity index (χ0n) is 18.8. The van der Waals surface area contributed by atoms with Gasteiger partial charge in [0.2, 0.25) is 0 Å². The second-order valence-electron chi connectivity index (χ2n) is 8.04. The van der Waals surface area contributed by atoms with Crippen LogP contribution in [0.2, 0.25) is 0 Å². The lowest BCUT2D eigenvalue weighted by Gasteiger charge is -2.37. The van der Waals surface area contributed by atoms with Crippen LogP contribution in [0.25, 0.3) is 11.3 Å². The van der Waals surface area contributed by atoms with Crippen molar-refractivity contribution in [3.05, 3.63) is 150 Å². The van der Waals surface area contributed by atoms with Crippen LogP contribution in [-0.2, 0) is 10.3 Å². The number of hydrogen-bond donors (Lipinski definition) is 0. The minimum absolute atomic E-state index is 0.353. The van der Waals surface area contributed by atoms with Crippen molar-refractivity contribution in [1.82, 2.24) is 9.55 Å². The number of imidazole rings is 1. The van der Waals surface area contributed by atoms with Gasteiger partial charge in [-0.2, -0.15) is 0 Å². The van der Waals surface area contributed by atoms with Gasteiger partial charge in [0.1, 0.15) is 5.54 Å². The number of aromatic nitrogens is 2. The molecule has 0 bridgehead atoms. The zero-order valence-corrected chi connectivity index (χ0v) is 18.8. The smallest absolute Gasteiger partial charge is 0.337 e. The fourth-order valence-electron chi connectivity index (χ4n) is 4.54. The van der Waals surface area contributed by atoms with E-state index in [1.165, 1.54) is 7.11 Å². The van der Waals surface area contributed by atoms with Gasteiger partial charge in [-0.3, -0.25) is 0 Å². The van der Waals surface area contributed by atoms with Gasteiger partial charge in [0.15, 0.2) is 0 Å². The Kier molecular flexibility index (Phi) is 5.79. The number of nitrogens with zero attached hydrogens (tertiary/aromatic N) is 2. The van der Waals surface area contributed by atoms with Crippen LogP contribution >= 0.6 is 0 Å². The van der Waals surface area contributed by atoms with E-state index in [0.29, 0.717) is 5.56 Å². The Labute approximate surface area is 199 Å². The molecule has 4 aromatic carbocycles. The molecule has 5 aromatic rings. The van der Waals surface area contributed by atoms with E-state index in [-0.39, 0.29) is 5.97 Å². The zero-order chi connectivity index (χ0) is 23.4. The minimum Gasteiger partial charge on any atom is -0.465 e. The number of hydrogen-bond acceptors (Lipinski definition) is 3. The lowest BCUT2D eigenvalue weighted by atomic mass is 9.77. The molecule has 4 heteroatoms. The molecule has 0 amide bonds. The predicted molar refractivity (Wildman–Crippen MR) is 134 cm³/mol. The second kappa shape index (κ2) is 9.20. The molecule has 0 atom stereocenters. The number of ether oxygens (including phenoxy) is 1. The summed E-state index contributed by atoms with van der Waals surface area (Å²) in [6.45, 7) is 0. The summed E-state index contributed by atoms with van der Waals surface area (Å²) in [6.07, 6.45) is 3.96. The first-order chi connectivity index (χ1) is 16.7. The van der Waals surface area contributed by atoms with Gasteiger partial charge in [0.25, 0.3) is 0 Å². The SMILES string of the molecule is COC(=O)c1ccc(-c2cn(C(c3ccccc3)(c3ccccc3)c3ccccc3)cn2)cc1. The summed E-state index contributed by atoms with van der Waals surface area (Å²) in [5.41, 5.74) is 5.06. The number of esters is 1. The third kappa shape index (κ3) is 3.69. The molecule has 0 aliphatic carbocycles. The van der Waals surface area contributed by atoms with E-state index in [2.05, 4.69) is 83.6 Å². The van der Waals surface area contributed by atoms with E-state index < -0.39 is 5.54 Å². The van der Waals surface area contributed by atoms with E-state index in [9.17, 15) is 4.79 Å². The summed E-state index contributed by atoms with van der Waals surface area (Å²) < 4.78 is 7.00. The average Bonchev–Trinajstić information content (AvgIpc) is 3.41. The summed E-state index contributed by atoms with van der Waals surface area (Å²) in [6, 6.07) is 38.8. The highest BCUT2D eigenvalue weighted by atomic mass is 16.5. The number of carbonyl (C=O) groups is 1. The molecule has 1 heterocycles. The van der Waals surface area contributed by atoms with Crippen LogP contribution in [0.3, 0.4) is 0 Å². The van der Waals surface area contributed by atoms with Crippen LogP contribution in [-0.4, -0.2) is 22.6 Å². The standard InChI is InChI=1S/C30H24N2O2/c1-34-29(33)24-19-17-23(18-20-24)28-21-32(22-31-28)30(25-11-5-2-6-12-25,26-13-7-3-8-14-26)27-15-9-4-10-16-27/h2-22H,1H3. The van der Waals surface area contributed by atoms with Gasteiger partial charge in [-0.15, -0.1) is 0 Å². The normalized spacial score (nSPS) is 11.2. The highest BCUT2D eigenvalue weighted by molar-refractivity contribution is 5.89. The molecule has 0 spiro atoms. The Hall–Kier alpha value is -4.44. The Morgan fingerprint density at radius 2 is 1.18 bits per heavy atom. The van der Waals surface area contributed by atoms with Gasteiger partial charge in [-0.05, 0) is 28.8 Å². The van der Waals surface area contributed by atoms with Crippen molar-refractivity contribution in [2.24, 2.45) is 0 Å². The van der Waals surface area contributed by atoms with Crippen molar-refractivity contribution < 1.29 is 9.53 Å². The van der Waals surface area contributed by atoms with E-state index in [4.69, 9.17) is 9.72 Å². The summed E-state index contributed by atoms with van der Waals surface area (Å²) in [5, 5.41) is 0. The summed E-state index contributed by atoms with van der Waals surface area (Å²) in [5.74, 6) is -0.353. The quantitative estimate of drug-likeness (QED) is 0.232. The van der Waals surface area contributed by atoms with Crippen molar-refractivity contribution >= 4 is 5.97 Å². The van der Waals surface area contributed by atoms with Crippen molar-refractivity contribution in [1.29, 1.82) is 0 Å². The van der Waals surface area contributed by atoms with E-state index in [1.54, 1.807) is 12.1 Å². The molecule has 0 aliphatic heterocycles. The second-order valence-corrected chi connectivity index (χ2v) is 8.04.